The first kappa shape index (κ1) is 30.0. The predicted molar refractivity (Wildman–Crippen MR) is 96.9 cm³/mol. The van der Waals surface area contributed by atoms with E-state index in [9.17, 15) is 0 Å². The average Bonchev–Trinajstić information content (AvgIpc) is 2.21. The van der Waals surface area contributed by atoms with Crippen molar-refractivity contribution in [3.05, 3.63) is 0 Å². The van der Waals surface area contributed by atoms with E-state index >= 15 is 0 Å². The molecule has 0 bridgehead atoms. The topological polar surface area (TPSA) is 121 Å². The van der Waals surface area contributed by atoms with Gasteiger partial charge in [0.1, 0.15) is 0 Å². The Balaban J connectivity index is -0.0000000977. The third-order valence-electron chi connectivity index (χ3n) is 1.46. The van der Waals surface area contributed by atoms with Crippen molar-refractivity contribution in [1.29, 1.82) is 0 Å². The molecule has 0 unspecified atom stereocenters. The zero-order valence-corrected chi connectivity index (χ0v) is 16.8. The standard InChI is InChI=1S/C8H18.C3H8.2H3O3PS/c1-3-5-7-8-6-4-2;1-3-2;2*1-4(2,3)5/h3-8H2,1-2H3;3H2,1-2H3;2*(H3,1,2,3,5). The highest BCUT2D eigenvalue weighted by Crippen LogP contribution is 2.26. The van der Waals surface area contributed by atoms with E-state index in [1.54, 1.807) is 0 Å². The molecule has 0 aliphatic carbocycles. The molecule has 6 N–H and O–H groups in total. The van der Waals surface area contributed by atoms with Gasteiger partial charge in [-0.25, -0.2) is 0 Å². The summed E-state index contributed by atoms with van der Waals surface area (Å²) in [5, 5.41) is 0. The largest absolute Gasteiger partial charge is 0.325 e. The van der Waals surface area contributed by atoms with Crippen LogP contribution in [0.4, 0.5) is 0 Å². The van der Waals surface area contributed by atoms with Crippen LogP contribution in [0.3, 0.4) is 0 Å². The maximum absolute atomic E-state index is 7.56. The molecule has 134 valence electrons. The van der Waals surface area contributed by atoms with Crippen LogP contribution >= 0.6 is 13.4 Å². The molecule has 0 atom stereocenters. The lowest BCUT2D eigenvalue weighted by molar-refractivity contribution is 0.361. The van der Waals surface area contributed by atoms with Gasteiger partial charge in [0.05, 0.1) is 0 Å². The Bertz CT molecular complexity index is 225. The van der Waals surface area contributed by atoms with Gasteiger partial charge < -0.3 is 29.4 Å². The normalized spacial score (nSPS) is 10.2. The van der Waals surface area contributed by atoms with Gasteiger partial charge in [0.25, 0.3) is 0 Å². The maximum atomic E-state index is 7.56. The van der Waals surface area contributed by atoms with E-state index in [0.717, 1.165) is 0 Å². The van der Waals surface area contributed by atoms with Crippen molar-refractivity contribution < 1.29 is 29.4 Å². The van der Waals surface area contributed by atoms with Gasteiger partial charge in [0.2, 0.25) is 0 Å². The summed E-state index contributed by atoms with van der Waals surface area (Å²) in [5.41, 5.74) is 0. The van der Waals surface area contributed by atoms with Crippen molar-refractivity contribution in [3.63, 3.8) is 0 Å². The first-order valence-corrected chi connectivity index (χ1v) is 12.2. The third-order valence-corrected chi connectivity index (χ3v) is 1.46. The Hall–Kier alpha value is 1.06. The van der Waals surface area contributed by atoms with Gasteiger partial charge in [-0.05, 0) is 23.6 Å². The van der Waals surface area contributed by atoms with E-state index in [4.69, 9.17) is 29.4 Å². The number of unbranched alkanes of at least 4 members (excludes halogenated alkanes) is 5. The Morgan fingerprint density at radius 2 is 0.714 bits per heavy atom. The SMILES string of the molecule is CCC.CCCCCCCC.OP(O)(O)=S.OP(O)(O)=S. The van der Waals surface area contributed by atoms with Crippen molar-refractivity contribution in [3.8, 4) is 0 Å². The molecule has 0 saturated carbocycles. The Kier molecular flexibility index (Phi) is 30.1. The van der Waals surface area contributed by atoms with Crippen molar-refractivity contribution in [2.24, 2.45) is 0 Å². The van der Waals surface area contributed by atoms with Crippen molar-refractivity contribution >= 4 is 37.1 Å². The highest BCUT2D eigenvalue weighted by Gasteiger charge is 1.92. The molecule has 0 aliphatic rings. The minimum absolute atomic E-state index is 1.25. The fourth-order valence-corrected chi connectivity index (χ4v) is 0.854. The summed E-state index contributed by atoms with van der Waals surface area (Å²) in [6, 6.07) is 0. The van der Waals surface area contributed by atoms with Gasteiger partial charge >= 0.3 is 13.4 Å². The molecule has 0 radical (unpaired) electrons. The summed E-state index contributed by atoms with van der Waals surface area (Å²) >= 11 is 7.21. The summed E-state index contributed by atoms with van der Waals surface area (Å²) < 4.78 is 0. The molecule has 0 amide bonds. The molecule has 0 saturated heterocycles. The van der Waals surface area contributed by atoms with Crippen LogP contribution in [0.5, 0.6) is 0 Å². The van der Waals surface area contributed by atoms with Crippen LogP contribution in [0.15, 0.2) is 0 Å². The lowest BCUT2D eigenvalue weighted by Crippen LogP contribution is -1.73. The second kappa shape index (κ2) is 21.1. The van der Waals surface area contributed by atoms with Gasteiger partial charge in [-0.2, -0.15) is 0 Å². The van der Waals surface area contributed by atoms with Crippen LogP contribution in [-0.2, 0) is 23.6 Å². The van der Waals surface area contributed by atoms with E-state index in [1.807, 2.05) is 0 Å². The van der Waals surface area contributed by atoms with Crippen LogP contribution in [-0.4, -0.2) is 29.4 Å². The summed E-state index contributed by atoms with van der Waals surface area (Å²) in [7, 11) is 0. The molecular weight excluding hydrogens is 354 g/mol. The lowest BCUT2D eigenvalue weighted by atomic mass is 10.1. The zero-order chi connectivity index (χ0) is 17.9. The van der Waals surface area contributed by atoms with Gasteiger partial charge in [-0.3, -0.25) is 0 Å². The average molecular weight is 386 g/mol. The molecule has 10 heteroatoms. The molecule has 21 heavy (non-hydrogen) atoms. The minimum atomic E-state index is -3.81. The zero-order valence-electron chi connectivity index (χ0n) is 13.3. The van der Waals surface area contributed by atoms with E-state index in [0.29, 0.717) is 0 Å². The third kappa shape index (κ3) is 208. The highest BCUT2D eigenvalue weighted by atomic mass is 32.5. The number of hydrogen-bond donors (Lipinski definition) is 6. The highest BCUT2D eigenvalue weighted by molar-refractivity contribution is 8.06. The maximum Gasteiger partial charge on any atom is 0.319 e. The van der Waals surface area contributed by atoms with Crippen molar-refractivity contribution in [2.75, 3.05) is 0 Å². The molecule has 0 rings (SSSR count). The van der Waals surface area contributed by atoms with E-state index in [1.165, 1.54) is 44.9 Å². The molecule has 0 aromatic carbocycles. The predicted octanol–water partition coefficient (Wildman–Crippen LogP) is 3.16. The van der Waals surface area contributed by atoms with Crippen LogP contribution in [0.25, 0.3) is 0 Å². The molecule has 0 aromatic rings. The summed E-state index contributed by atoms with van der Waals surface area (Å²) in [5.74, 6) is 0. The van der Waals surface area contributed by atoms with E-state index in [2.05, 4.69) is 51.3 Å². The van der Waals surface area contributed by atoms with Gasteiger partial charge in [0, 0.05) is 0 Å². The number of rotatable bonds is 5. The molecule has 0 spiro atoms. The smallest absolute Gasteiger partial charge is 0.319 e. The first-order chi connectivity index (χ1) is 9.33. The molecule has 0 heterocycles. The van der Waals surface area contributed by atoms with Gasteiger partial charge in [0.15, 0.2) is 0 Å². The molecule has 0 fully saturated rings. The van der Waals surface area contributed by atoms with Gasteiger partial charge in [-0.15, -0.1) is 0 Å². The lowest BCUT2D eigenvalue weighted by Gasteiger charge is -1.93. The first-order valence-electron chi connectivity index (χ1n) is 6.89. The minimum Gasteiger partial charge on any atom is -0.325 e. The van der Waals surface area contributed by atoms with E-state index in [-0.39, 0.29) is 0 Å². The summed E-state index contributed by atoms with van der Waals surface area (Å²) in [6.45, 7) is 1.15. The van der Waals surface area contributed by atoms with Crippen molar-refractivity contribution in [1.82, 2.24) is 0 Å². The Morgan fingerprint density at radius 3 is 0.810 bits per heavy atom. The fraction of sp³-hybridized carbons (Fsp3) is 1.00. The van der Waals surface area contributed by atoms with Crippen LogP contribution in [0.2, 0.25) is 0 Å². The van der Waals surface area contributed by atoms with Crippen LogP contribution < -0.4 is 0 Å². The second-order valence-corrected chi connectivity index (χ2v) is 9.14. The van der Waals surface area contributed by atoms with Crippen LogP contribution in [0, 0.1) is 0 Å². The second-order valence-electron chi connectivity index (χ2n) is 4.15. The monoisotopic (exact) mass is 386 g/mol. The van der Waals surface area contributed by atoms with E-state index < -0.39 is 13.4 Å². The summed E-state index contributed by atoms with van der Waals surface area (Å²) in [6.07, 6.45) is 9.74. The van der Waals surface area contributed by atoms with Crippen LogP contribution in [0.1, 0.15) is 72.6 Å². The molecule has 0 aliphatic heterocycles. The molecule has 0 aromatic heterocycles. The molecular formula is C11H32O6P2S2. The van der Waals surface area contributed by atoms with Crippen molar-refractivity contribution in [2.45, 2.75) is 72.6 Å². The number of hydrogen-bond acceptors (Lipinski definition) is 2. The fourth-order valence-electron chi connectivity index (χ4n) is 0.854. The van der Waals surface area contributed by atoms with Gasteiger partial charge in [-0.1, -0.05) is 72.6 Å². The Morgan fingerprint density at radius 1 is 0.571 bits per heavy atom. The quantitative estimate of drug-likeness (QED) is 0.315. The molecule has 6 nitrogen and oxygen atoms in total. The Labute approximate surface area is 139 Å². The summed E-state index contributed by atoms with van der Waals surface area (Å²) in [4.78, 5) is 45.3.